The fourth-order valence-electron chi connectivity index (χ4n) is 2.54. The maximum Gasteiger partial charge on any atom is 0.336 e. The number of carboxylic acids is 1. The smallest absolute Gasteiger partial charge is 0.336 e. The number of carbonyl (C=O) groups is 1. The Morgan fingerprint density at radius 3 is 2.35 bits per heavy atom. The average molecular weight is 333 g/mol. The topological polar surface area (TPSA) is 46.5 Å². The summed E-state index contributed by atoms with van der Waals surface area (Å²) in [6, 6.07) is 14.5. The first-order chi connectivity index (χ1) is 10.8. The van der Waals surface area contributed by atoms with Crippen LogP contribution in [0.5, 0.6) is 5.75 Å². The zero-order chi connectivity index (χ0) is 17.0. The van der Waals surface area contributed by atoms with Crippen molar-refractivity contribution >= 4 is 17.6 Å². The van der Waals surface area contributed by atoms with Crippen LogP contribution in [-0.2, 0) is 0 Å². The number of hydrogen-bond donors (Lipinski definition) is 1. The number of aromatic carboxylic acids is 1. The first kappa shape index (κ1) is 17.4. The standard InChI is InChI=1S/C19H21ClO3/c1-19(2,3)15(12-23-13-8-5-4-6-9-13)17-14(18(21)22)10-7-11-16(17)20/h4-11,15H,12H2,1-3H3,(H,21,22). The van der Waals surface area contributed by atoms with Gasteiger partial charge in [-0.1, -0.05) is 56.6 Å². The lowest BCUT2D eigenvalue weighted by Gasteiger charge is -2.32. The van der Waals surface area contributed by atoms with Gasteiger partial charge < -0.3 is 9.84 Å². The quantitative estimate of drug-likeness (QED) is 0.813. The third-order valence-corrected chi connectivity index (χ3v) is 4.17. The van der Waals surface area contributed by atoms with Crippen molar-refractivity contribution < 1.29 is 14.6 Å². The van der Waals surface area contributed by atoms with Gasteiger partial charge in [0.15, 0.2) is 0 Å². The molecule has 0 saturated carbocycles. The lowest BCUT2D eigenvalue weighted by molar-refractivity contribution is 0.0693. The summed E-state index contributed by atoms with van der Waals surface area (Å²) < 4.78 is 5.89. The number of benzene rings is 2. The fraction of sp³-hybridized carbons (Fsp3) is 0.316. The lowest BCUT2D eigenvalue weighted by Crippen LogP contribution is -2.27. The van der Waals surface area contributed by atoms with E-state index in [4.69, 9.17) is 16.3 Å². The number of hydrogen-bond acceptors (Lipinski definition) is 2. The summed E-state index contributed by atoms with van der Waals surface area (Å²) in [7, 11) is 0. The Morgan fingerprint density at radius 1 is 1.13 bits per heavy atom. The largest absolute Gasteiger partial charge is 0.493 e. The molecule has 0 radical (unpaired) electrons. The first-order valence-electron chi connectivity index (χ1n) is 7.50. The van der Waals surface area contributed by atoms with Gasteiger partial charge in [0.1, 0.15) is 5.75 Å². The van der Waals surface area contributed by atoms with Gasteiger partial charge in [-0.3, -0.25) is 0 Å². The number of para-hydroxylation sites is 1. The number of rotatable bonds is 5. The van der Waals surface area contributed by atoms with Gasteiger partial charge in [0.2, 0.25) is 0 Å². The predicted molar refractivity (Wildman–Crippen MR) is 92.5 cm³/mol. The highest BCUT2D eigenvalue weighted by molar-refractivity contribution is 6.32. The van der Waals surface area contributed by atoms with Gasteiger partial charge in [0, 0.05) is 10.9 Å². The average Bonchev–Trinajstić information content (AvgIpc) is 2.48. The second-order valence-electron chi connectivity index (χ2n) is 6.55. The van der Waals surface area contributed by atoms with Gasteiger partial charge in [-0.15, -0.1) is 0 Å². The SMILES string of the molecule is CC(C)(C)C(COc1ccccc1)c1c(Cl)cccc1C(=O)O. The molecule has 0 saturated heterocycles. The molecule has 2 aromatic carbocycles. The van der Waals surface area contributed by atoms with E-state index in [1.54, 1.807) is 18.2 Å². The van der Waals surface area contributed by atoms with E-state index in [2.05, 4.69) is 20.8 Å². The van der Waals surface area contributed by atoms with Crippen molar-refractivity contribution in [2.24, 2.45) is 5.41 Å². The molecule has 0 amide bonds. The molecular formula is C19H21ClO3. The van der Waals surface area contributed by atoms with Gasteiger partial charge in [-0.25, -0.2) is 4.79 Å². The van der Waals surface area contributed by atoms with Crippen LogP contribution in [0.1, 0.15) is 42.6 Å². The van der Waals surface area contributed by atoms with Crippen LogP contribution in [0, 0.1) is 5.41 Å². The molecule has 2 aromatic rings. The summed E-state index contributed by atoms with van der Waals surface area (Å²) in [4.78, 5) is 11.6. The van der Waals surface area contributed by atoms with E-state index in [0.29, 0.717) is 17.2 Å². The van der Waals surface area contributed by atoms with Crippen LogP contribution in [0.25, 0.3) is 0 Å². The Bertz CT molecular complexity index is 675. The third-order valence-electron chi connectivity index (χ3n) is 3.84. The van der Waals surface area contributed by atoms with Crippen molar-refractivity contribution in [2.75, 3.05) is 6.61 Å². The van der Waals surface area contributed by atoms with Crippen LogP contribution < -0.4 is 4.74 Å². The van der Waals surface area contributed by atoms with E-state index < -0.39 is 5.97 Å². The predicted octanol–water partition coefficient (Wildman–Crippen LogP) is 5.25. The van der Waals surface area contributed by atoms with Crippen LogP contribution in [0.2, 0.25) is 5.02 Å². The Hall–Kier alpha value is -2.00. The molecule has 0 aliphatic heterocycles. The molecule has 1 atom stereocenters. The molecule has 1 N–H and O–H groups in total. The Morgan fingerprint density at radius 2 is 1.78 bits per heavy atom. The summed E-state index contributed by atoms with van der Waals surface area (Å²) in [6.45, 7) is 6.53. The van der Waals surface area contributed by atoms with Gasteiger partial charge in [0.25, 0.3) is 0 Å². The molecule has 122 valence electrons. The van der Waals surface area contributed by atoms with E-state index in [-0.39, 0.29) is 16.9 Å². The number of halogens is 1. The highest BCUT2D eigenvalue weighted by atomic mass is 35.5. The van der Waals surface area contributed by atoms with E-state index in [9.17, 15) is 9.90 Å². The van der Waals surface area contributed by atoms with Crippen molar-refractivity contribution in [1.29, 1.82) is 0 Å². The zero-order valence-corrected chi connectivity index (χ0v) is 14.3. The van der Waals surface area contributed by atoms with Crippen molar-refractivity contribution in [2.45, 2.75) is 26.7 Å². The lowest BCUT2D eigenvalue weighted by atomic mass is 9.75. The molecule has 0 aromatic heterocycles. The summed E-state index contributed by atoms with van der Waals surface area (Å²) >= 11 is 6.34. The maximum absolute atomic E-state index is 11.6. The molecule has 0 bridgehead atoms. The van der Waals surface area contributed by atoms with Gasteiger partial charge >= 0.3 is 5.97 Å². The van der Waals surface area contributed by atoms with Crippen molar-refractivity contribution in [3.05, 3.63) is 64.7 Å². The van der Waals surface area contributed by atoms with Crippen molar-refractivity contribution in [1.82, 2.24) is 0 Å². The Kier molecular flexibility index (Phi) is 5.32. The van der Waals surface area contributed by atoms with E-state index in [0.717, 1.165) is 5.75 Å². The monoisotopic (exact) mass is 332 g/mol. The van der Waals surface area contributed by atoms with Crippen LogP contribution >= 0.6 is 11.6 Å². The molecule has 3 nitrogen and oxygen atoms in total. The minimum atomic E-state index is -0.975. The Labute approximate surface area is 141 Å². The first-order valence-corrected chi connectivity index (χ1v) is 7.88. The van der Waals surface area contributed by atoms with Gasteiger partial charge in [-0.2, -0.15) is 0 Å². The fourth-order valence-corrected chi connectivity index (χ4v) is 2.85. The summed E-state index contributed by atoms with van der Waals surface area (Å²) in [6.07, 6.45) is 0. The van der Waals surface area contributed by atoms with E-state index in [1.807, 2.05) is 30.3 Å². The van der Waals surface area contributed by atoms with Gasteiger partial charge in [0.05, 0.1) is 12.2 Å². The molecule has 4 heteroatoms. The second kappa shape index (κ2) is 7.05. The Balaban J connectivity index is 2.39. The van der Waals surface area contributed by atoms with E-state index >= 15 is 0 Å². The molecule has 2 rings (SSSR count). The molecule has 0 heterocycles. The van der Waals surface area contributed by atoms with E-state index in [1.165, 1.54) is 0 Å². The van der Waals surface area contributed by atoms with Crippen LogP contribution in [0.3, 0.4) is 0 Å². The molecular weight excluding hydrogens is 312 g/mol. The minimum Gasteiger partial charge on any atom is -0.493 e. The molecule has 1 unspecified atom stereocenters. The van der Waals surface area contributed by atoms with Gasteiger partial charge in [-0.05, 0) is 35.2 Å². The molecule has 0 fully saturated rings. The number of ether oxygens (including phenoxy) is 1. The van der Waals surface area contributed by atoms with Crippen LogP contribution in [-0.4, -0.2) is 17.7 Å². The van der Waals surface area contributed by atoms with Crippen LogP contribution in [0.4, 0.5) is 0 Å². The second-order valence-corrected chi connectivity index (χ2v) is 6.96. The molecule has 0 aliphatic carbocycles. The summed E-state index contributed by atoms with van der Waals surface area (Å²) in [5.74, 6) is -0.371. The molecule has 0 aliphatic rings. The molecule has 0 spiro atoms. The van der Waals surface area contributed by atoms with Crippen molar-refractivity contribution in [3.8, 4) is 5.75 Å². The normalized spacial score (nSPS) is 12.7. The third kappa shape index (κ3) is 4.26. The maximum atomic E-state index is 11.6. The van der Waals surface area contributed by atoms with Crippen molar-refractivity contribution in [3.63, 3.8) is 0 Å². The summed E-state index contributed by atoms with van der Waals surface area (Å²) in [5.41, 5.74) is 0.656. The summed E-state index contributed by atoms with van der Waals surface area (Å²) in [5, 5.41) is 9.95. The molecule has 23 heavy (non-hydrogen) atoms. The number of carboxylic acid groups (broad SMARTS) is 1. The zero-order valence-electron chi connectivity index (χ0n) is 13.5. The van der Waals surface area contributed by atoms with Crippen LogP contribution in [0.15, 0.2) is 48.5 Å². The highest BCUT2D eigenvalue weighted by Gasteiger charge is 2.32. The minimum absolute atomic E-state index is 0.150. The highest BCUT2D eigenvalue weighted by Crippen LogP contribution is 2.40.